The third-order valence-corrected chi connectivity index (χ3v) is 3.40. The Labute approximate surface area is 102 Å². The van der Waals surface area contributed by atoms with Crippen LogP contribution in [0.1, 0.15) is 36.5 Å². The maximum absolute atomic E-state index is 12.3. The largest absolute Gasteiger partial charge is 0.497 e. The lowest BCUT2D eigenvalue weighted by Gasteiger charge is -2.33. The van der Waals surface area contributed by atoms with Gasteiger partial charge in [0.05, 0.1) is 7.11 Å². The number of nitrogens with zero attached hydrogens (tertiary/aromatic N) is 1. The predicted molar refractivity (Wildman–Crippen MR) is 67.3 cm³/mol. The number of likely N-dealkylation sites (tertiary alicyclic amines) is 1. The summed E-state index contributed by atoms with van der Waals surface area (Å²) >= 11 is 0. The van der Waals surface area contributed by atoms with E-state index < -0.39 is 0 Å². The number of carbonyl (C=O) groups excluding carboxylic acids is 1. The molecule has 0 saturated carbocycles. The Morgan fingerprint density at radius 3 is 2.59 bits per heavy atom. The van der Waals surface area contributed by atoms with Crippen molar-refractivity contribution in [2.45, 2.75) is 32.2 Å². The Balaban J connectivity index is 2.12. The molecule has 1 aromatic rings. The lowest BCUT2D eigenvalue weighted by atomic mass is 10.0. The van der Waals surface area contributed by atoms with E-state index in [-0.39, 0.29) is 5.91 Å². The van der Waals surface area contributed by atoms with Gasteiger partial charge in [0.1, 0.15) is 5.75 Å². The summed E-state index contributed by atoms with van der Waals surface area (Å²) < 4.78 is 5.09. The SMILES string of the molecule is COc1ccc(C(=O)N2CCCC[C@H]2C)cc1. The second kappa shape index (κ2) is 5.21. The molecule has 0 spiro atoms. The van der Waals surface area contributed by atoms with Gasteiger partial charge in [-0.05, 0) is 50.5 Å². The standard InChI is InChI=1S/C14H19NO2/c1-11-5-3-4-10-15(11)14(16)12-6-8-13(17-2)9-7-12/h6-9,11H,3-5,10H2,1-2H3/t11-/m1/s1. The van der Waals surface area contributed by atoms with Gasteiger partial charge in [0.15, 0.2) is 0 Å². The summed E-state index contributed by atoms with van der Waals surface area (Å²) in [7, 11) is 1.63. The molecule has 0 aromatic heterocycles. The third-order valence-electron chi connectivity index (χ3n) is 3.40. The fourth-order valence-corrected chi connectivity index (χ4v) is 2.30. The summed E-state index contributed by atoms with van der Waals surface area (Å²) in [6.07, 6.45) is 3.46. The lowest BCUT2D eigenvalue weighted by molar-refractivity contribution is 0.0635. The number of methoxy groups -OCH3 is 1. The first-order chi connectivity index (χ1) is 8.22. The molecule has 1 aliphatic rings. The van der Waals surface area contributed by atoms with Gasteiger partial charge in [-0.2, -0.15) is 0 Å². The van der Waals surface area contributed by atoms with Gasteiger partial charge in [-0.15, -0.1) is 0 Å². The summed E-state index contributed by atoms with van der Waals surface area (Å²) in [6, 6.07) is 7.70. The number of benzene rings is 1. The molecule has 0 radical (unpaired) electrons. The van der Waals surface area contributed by atoms with Gasteiger partial charge in [-0.1, -0.05) is 0 Å². The number of hydrogen-bond acceptors (Lipinski definition) is 2. The van der Waals surface area contributed by atoms with Crippen molar-refractivity contribution in [1.29, 1.82) is 0 Å². The van der Waals surface area contributed by atoms with Crippen LogP contribution in [0, 0.1) is 0 Å². The van der Waals surface area contributed by atoms with Crippen LogP contribution < -0.4 is 4.74 Å². The zero-order valence-electron chi connectivity index (χ0n) is 10.5. The van der Waals surface area contributed by atoms with Gasteiger partial charge >= 0.3 is 0 Å². The molecular formula is C14H19NO2. The van der Waals surface area contributed by atoms with Crippen molar-refractivity contribution in [1.82, 2.24) is 4.90 Å². The molecule has 0 N–H and O–H groups in total. The molecule has 1 amide bonds. The zero-order chi connectivity index (χ0) is 12.3. The van der Waals surface area contributed by atoms with E-state index in [2.05, 4.69) is 6.92 Å². The molecule has 3 heteroatoms. The van der Waals surface area contributed by atoms with E-state index in [4.69, 9.17) is 4.74 Å². The van der Waals surface area contributed by atoms with Gasteiger partial charge in [0.25, 0.3) is 5.91 Å². The van der Waals surface area contributed by atoms with Crippen LogP contribution in [0.2, 0.25) is 0 Å². The monoisotopic (exact) mass is 233 g/mol. The molecule has 1 aromatic carbocycles. The molecule has 1 fully saturated rings. The summed E-state index contributed by atoms with van der Waals surface area (Å²) in [5.41, 5.74) is 0.750. The fourth-order valence-electron chi connectivity index (χ4n) is 2.30. The third kappa shape index (κ3) is 2.60. The van der Waals surface area contributed by atoms with Gasteiger partial charge < -0.3 is 9.64 Å². The van der Waals surface area contributed by atoms with Crippen LogP contribution in [-0.4, -0.2) is 30.5 Å². The van der Waals surface area contributed by atoms with E-state index >= 15 is 0 Å². The molecule has 17 heavy (non-hydrogen) atoms. The van der Waals surface area contributed by atoms with Crippen LogP contribution in [0.25, 0.3) is 0 Å². The highest BCUT2D eigenvalue weighted by molar-refractivity contribution is 5.94. The summed E-state index contributed by atoms with van der Waals surface area (Å²) in [5.74, 6) is 0.924. The number of amides is 1. The molecular weight excluding hydrogens is 214 g/mol. The molecule has 1 aliphatic heterocycles. The Kier molecular flexibility index (Phi) is 3.67. The van der Waals surface area contributed by atoms with E-state index in [0.29, 0.717) is 6.04 Å². The van der Waals surface area contributed by atoms with E-state index in [1.165, 1.54) is 6.42 Å². The van der Waals surface area contributed by atoms with Crippen molar-refractivity contribution in [2.24, 2.45) is 0 Å². The lowest BCUT2D eigenvalue weighted by Crippen LogP contribution is -2.41. The van der Waals surface area contributed by atoms with Gasteiger partial charge in [-0.3, -0.25) is 4.79 Å². The van der Waals surface area contributed by atoms with Crippen LogP contribution in [0.4, 0.5) is 0 Å². The van der Waals surface area contributed by atoms with Gasteiger partial charge in [0.2, 0.25) is 0 Å². The maximum atomic E-state index is 12.3. The van der Waals surface area contributed by atoms with E-state index in [0.717, 1.165) is 30.7 Å². The average Bonchev–Trinajstić information content (AvgIpc) is 2.39. The normalized spacial score (nSPS) is 20.1. The van der Waals surface area contributed by atoms with Crippen LogP contribution in [0.3, 0.4) is 0 Å². The molecule has 2 rings (SSSR count). The number of hydrogen-bond donors (Lipinski definition) is 0. The molecule has 1 atom stereocenters. The quantitative estimate of drug-likeness (QED) is 0.786. The van der Waals surface area contributed by atoms with Crippen molar-refractivity contribution >= 4 is 5.91 Å². The Hall–Kier alpha value is -1.51. The second-order valence-corrected chi connectivity index (χ2v) is 4.57. The molecule has 1 saturated heterocycles. The van der Waals surface area contributed by atoms with Crippen molar-refractivity contribution in [3.63, 3.8) is 0 Å². The Morgan fingerprint density at radius 1 is 1.29 bits per heavy atom. The highest BCUT2D eigenvalue weighted by Crippen LogP contribution is 2.20. The number of rotatable bonds is 2. The van der Waals surface area contributed by atoms with Crippen LogP contribution in [0.15, 0.2) is 24.3 Å². The highest BCUT2D eigenvalue weighted by Gasteiger charge is 2.23. The smallest absolute Gasteiger partial charge is 0.254 e. The minimum atomic E-state index is 0.139. The number of ether oxygens (including phenoxy) is 1. The van der Waals surface area contributed by atoms with Crippen LogP contribution in [-0.2, 0) is 0 Å². The fraction of sp³-hybridized carbons (Fsp3) is 0.500. The molecule has 0 aliphatic carbocycles. The predicted octanol–water partition coefficient (Wildman–Crippen LogP) is 2.71. The Bertz CT molecular complexity index is 386. The maximum Gasteiger partial charge on any atom is 0.254 e. The average molecular weight is 233 g/mol. The van der Waals surface area contributed by atoms with E-state index in [1.807, 2.05) is 29.2 Å². The van der Waals surface area contributed by atoms with Crippen molar-refractivity contribution in [3.8, 4) is 5.75 Å². The zero-order valence-corrected chi connectivity index (χ0v) is 10.5. The van der Waals surface area contributed by atoms with Crippen molar-refractivity contribution < 1.29 is 9.53 Å². The molecule has 0 bridgehead atoms. The first-order valence-electron chi connectivity index (χ1n) is 6.17. The molecule has 3 nitrogen and oxygen atoms in total. The summed E-state index contributed by atoms with van der Waals surface area (Å²) in [5, 5.41) is 0. The molecule has 0 unspecified atom stereocenters. The van der Waals surface area contributed by atoms with Crippen LogP contribution >= 0.6 is 0 Å². The minimum absolute atomic E-state index is 0.139. The summed E-state index contributed by atoms with van der Waals surface area (Å²) in [4.78, 5) is 14.3. The van der Waals surface area contributed by atoms with Crippen LogP contribution in [0.5, 0.6) is 5.75 Å². The van der Waals surface area contributed by atoms with E-state index in [1.54, 1.807) is 7.11 Å². The minimum Gasteiger partial charge on any atom is -0.497 e. The van der Waals surface area contributed by atoms with Crippen molar-refractivity contribution in [3.05, 3.63) is 29.8 Å². The molecule has 1 heterocycles. The van der Waals surface area contributed by atoms with Gasteiger partial charge in [-0.25, -0.2) is 0 Å². The Morgan fingerprint density at radius 2 is 2.00 bits per heavy atom. The topological polar surface area (TPSA) is 29.5 Å². The van der Waals surface area contributed by atoms with Gasteiger partial charge in [0, 0.05) is 18.2 Å². The molecule has 92 valence electrons. The van der Waals surface area contributed by atoms with Crippen molar-refractivity contribution in [2.75, 3.05) is 13.7 Å². The summed E-state index contributed by atoms with van der Waals surface area (Å²) in [6.45, 7) is 3.01. The number of carbonyl (C=O) groups is 1. The number of piperidine rings is 1. The first kappa shape index (κ1) is 12.0. The first-order valence-corrected chi connectivity index (χ1v) is 6.17. The second-order valence-electron chi connectivity index (χ2n) is 4.57. The van der Waals surface area contributed by atoms with E-state index in [9.17, 15) is 4.79 Å². The highest BCUT2D eigenvalue weighted by atomic mass is 16.5.